The minimum atomic E-state index is -0.673. The van der Waals surface area contributed by atoms with Crippen molar-refractivity contribution in [1.82, 2.24) is 5.32 Å². The molecule has 0 aliphatic rings. The number of carbonyl (C=O) groups excluding carboxylic acids is 2. The number of rotatable bonds is 6. The lowest BCUT2D eigenvalue weighted by Gasteiger charge is -2.22. The average Bonchev–Trinajstić information content (AvgIpc) is 2.59. The first-order chi connectivity index (χ1) is 11.9. The van der Waals surface area contributed by atoms with Crippen LogP contribution in [0.3, 0.4) is 0 Å². The Morgan fingerprint density at radius 3 is 2.32 bits per heavy atom. The molecule has 0 saturated heterocycles. The lowest BCUT2D eigenvalue weighted by molar-refractivity contribution is -0.118. The van der Waals surface area contributed by atoms with Gasteiger partial charge in [0.2, 0.25) is 5.91 Å². The van der Waals surface area contributed by atoms with Gasteiger partial charge in [0.1, 0.15) is 11.8 Å². The number of halogens is 1. The fourth-order valence-electron chi connectivity index (χ4n) is 2.29. The van der Waals surface area contributed by atoms with Crippen molar-refractivity contribution in [3.63, 3.8) is 0 Å². The van der Waals surface area contributed by atoms with E-state index in [1.807, 2.05) is 13.8 Å². The standard InChI is InChI=1S/C19H21ClN2O3/c1-12(2)17(19(24)21-15-6-4-5-14(20)11-15)22-18(23)13-7-9-16(25-3)10-8-13/h4-12,17H,1-3H3,(H,21,24)(H,22,23)/t17-/m1/s1. The maximum Gasteiger partial charge on any atom is 0.251 e. The molecule has 0 spiro atoms. The van der Waals surface area contributed by atoms with Crippen LogP contribution in [0.5, 0.6) is 5.75 Å². The third-order valence-electron chi connectivity index (χ3n) is 3.68. The average molecular weight is 361 g/mol. The van der Waals surface area contributed by atoms with Gasteiger partial charge in [0.05, 0.1) is 7.11 Å². The summed E-state index contributed by atoms with van der Waals surface area (Å²) in [5.74, 6) is -0.0289. The molecular weight excluding hydrogens is 340 g/mol. The van der Waals surface area contributed by atoms with Crippen molar-refractivity contribution in [3.05, 3.63) is 59.1 Å². The van der Waals surface area contributed by atoms with Crippen LogP contribution >= 0.6 is 11.6 Å². The summed E-state index contributed by atoms with van der Waals surface area (Å²) >= 11 is 5.93. The van der Waals surface area contributed by atoms with Crippen molar-refractivity contribution in [2.75, 3.05) is 12.4 Å². The molecule has 0 unspecified atom stereocenters. The minimum Gasteiger partial charge on any atom is -0.497 e. The molecule has 0 saturated carbocycles. The van der Waals surface area contributed by atoms with E-state index in [2.05, 4.69) is 10.6 Å². The van der Waals surface area contributed by atoms with Crippen LogP contribution < -0.4 is 15.4 Å². The number of nitrogens with one attached hydrogen (secondary N) is 2. The van der Waals surface area contributed by atoms with Crippen LogP contribution in [-0.2, 0) is 4.79 Å². The number of hydrogen-bond donors (Lipinski definition) is 2. The highest BCUT2D eigenvalue weighted by Crippen LogP contribution is 2.16. The molecule has 0 aliphatic carbocycles. The summed E-state index contributed by atoms with van der Waals surface area (Å²) < 4.78 is 5.08. The molecule has 1 atom stereocenters. The van der Waals surface area contributed by atoms with Crippen molar-refractivity contribution in [2.24, 2.45) is 5.92 Å². The topological polar surface area (TPSA) is 67.4 Å². The van der Waals surface area contributed by atoms with Gasteiger partial charge >= 0.3 is 0 Å². The number of ether oxygens (including phenoxy) is 1. The van der Waals surface area contributed by atoms with E-state index in [1.54, 1.807) is 55.6 Å². The molecule has 6 heteroatoms. The fraction of sp³-hybridized carbons (Fsp3) is 0.263. The Morgan fingerprint density at radius 2 is 1.76 bits per heavy atom. The number of hydrogen-bond acceptors (Lipinski definition) is 3. The molecule has 0 radical (unpaired) electrons. The van der Waals surface area contributed by atoms with Gasteiger partial charge in [-0.3, -0.25) is 9.59 Å². The zero-order valence-corrected chi connectivity index (χ0v) is 15.1. The van der Waals surface area contributed by atoms with Crippen LogP contribution in [0.2, 0.25) is 5.02 Å². The maximum absolute atomic E-state index is 12.5. The van der Waals surface area contributed by atoms with Crippen molar-refractivity contribution in [1.29, 1.82) is 0 Å². The van der Waals surface area contributed by atoms with Crippen LogP contribution in [0.25, 0.3) is 0 Å². The first-order valence-electron chi connectivity index (χ1n) is 7.92. The molecule has 2 aromatic rings. The van der Waals surface area contributed by atoms with Crippen molar-refractivity contribution >= 4 is 29.1 Å². The van der Waals surface area contributed by atoms with Crippen molar-refractivity contribution < 1.29 is 14.3 Å². The Balaban J connectivity index is 2.08. The second-order valence-corrected chi connectivity index (χ2v) is 6.36. The van der Waals surface area contributed by atoms with Gasteiger partial charge in [-0.1, -0.05) is 31.5 Å². The van der Waals surface area contributed by atoms with Crippen LogP contribution in [0, 0.1) is 5.92 Å². The summed E-state index contributed by atoms with van der Waals surface area (Å²) in [6.45, 7) is 3.74. The molecule has 2 amide bonds. The van der Waals surface area contributed by atoms with Gasteiger partial charge in [0.15, 0.2) is 0 Å². The molecule has 0 aromatic heterocycles. The van der Waals surface area contributed by atoms with Gasteiger partial charge in [0.25, 0.3) is 5.91 Å². The van der Waals surface area contributed by atoms with E-state index < -0.39 is 6.04 Å². The molecule has 2 N–H and O–H groups in total. The normalized spacial score (nSPS) is 11.7. The zero-order valence-electron chi connectivity index (χ0n) is 14.4. The Morgan fingerprint density at radius 1 is 1.08 bits per heavy atom. The lowest BCUT2D eigenvalue weighted by Crippen LogP contribution is -2.47. The van der Waals surface area contributed by atoms with Crippen LogP contribution in [0.15, 0.2) is 48.5 Å². The Labute approximate surface area is 152 Å². The quantitative estimate of drug-likeness (QED) is 0.824. The number of carbonyl (C=O) groups is 2. The van der Waals surface area contributed by atoms with E-state index in [9.17, 15) is 9.59 Å². The fourth-order valence-corrected chi connectivity index (χ4v) is 2.48. The summed E-state index contributed by atoms with van der Waals surface area (Å²) in [7, 11) is 1.56. The second kappa shape index (κ2) is 8.53. The maximum atomic E-state index is 12.5. The van der Waals surface area contributed by atoms with E-state index in [-0.39, 0.29) is 17.7 Å². The monoisotopic (exact) mass is 360 g/mol. The number of benzene rings is 2. The number of methoxy groups -OCH3 is 1. The predicted molar refractivity (Wildman–Crippen MR) is 99.2 cm³/mol. The summed E-state index contributed by atoms with van der Waals surface area (Å²) in [6, 6.07) is 12.9. The molecular formula is C19H21ClN2O3. The summed E-state index contributed by atoms with van der Waals surface area (Å²) in [4.78, 5) is 25.0. The minimum absolute atomic E-state index is 0.0821. The van der Waals surface area contributed by atoms with E-state index in [0.29, 0.717) is 22.0 Å². The molecule has 25 heavy (non-hydrogen) atoms. The van der Waals surface area contributed by atoms with Gasteiger partial charge < -0.3 is 15.4 Å². The first kappa shape index (κ1) is 18.8. The molecule has 0 heterocycles. The largest absolute Gasteiger partial charge is 0.497 e. The number of anilines is 1. The molecule has 0 bridgehead atoms. The first-order valence-corrected chi connectivity index (χ1v) is 8.30. The smallest absolute Gasteiger partial charge is 0.251 e. The molecule has 2 aromatic carbocycles. The summed E-state index contributed by atoms with van der Waals surface area (Å²) in [5, 5.41) is 6.09. The third-order valence-corrected chi connectivity index (χ3v) is 3.92. The van der Waals surface area contributed by atoms with Gasteiger partial charge in [-0.2, -0.15) is 0 Å². The molecule has 0 aliphatic heterocycles. The van der Waals surface area contributed by atoms with Crippen LogP contribution in [0.4, 0.5) is 5.69 Å². The third kappa shape index (κ3) is 5.22. The molecule has 2 rings (SSSR count). The zero-order chi connectivity index (χ0) is 18.4. The summed E-state index contributed by atoms with van der Waals surface area (Å²) in [5.41, 5.74) is 1.05. The molecule has 5 nitrogen and oxygen atoms in total. The molecule has 0 fully saturated rings. The SMILES string of the molecule is COc1ccc(C(=O)N[C@@H](C(=O)Nc2cccc(Cl)c2)C(C)C)cc1. The van der Waals surface area contributed by atoms with Crippen LogP contribution in [0.1, 0.15) is 24.2 Å². The van der Waals surface area contributed by atoms with E-state index in [0.717, 1.165) is 0 Å². The van der Waals surface area contributed by atoms with E-state index in [4.69, 9.17) is 16.3 Å². The Kier molecular flexibility index (Phi) is 6.42. The lowest BCUT2D eigenvalue weighted by atomic mass is 10.0. The van der Waals surface area contributed by atoms with E-state index >= 15 is 0 Å². The molecule has 132 valence electrons. The predicted octanol–water partition coefficient (Wildman–Crippen LogP) is 3.74. The van der Waals surface area contributed by atoms with Gasteiger partial charge in [0, 0.05) is 16.3 Å². The Bertz CT molecular complexity index is 745. The number of amides is 2. The van der Waals surface area contributed by atoms with Gasteiger partial charge in [-0.25, -0.2) is 0 Å². The highest BCUT2D eigenvalue weighted by atomic mass is 35.5. The Hall–Kier alpha value is -2.53. The summed E-state index contributed by atoms with van der Waals surface area (Å²) in [6.07, 6.45) is 0. The van der Waals surface area contributed by atoms with Crippen molar-refractivity contribution in [3.8, 4) is 5.75 Å². The van der Waals surface area contributed by atoms with Gasteiger partial charge in [-0.05, 0) is 48.4 Å². The van der Waals surface area contributed by atoms with Gasteiger partial charge in [-0.15, -0.1) is 0 Å². The highest BCUT2D eigenvalue weighted by molar-refractivity contribution is 6.30. The van der Waals surface area contributed by atoms with Crippen LogP contribution in [-0.4, -0.2) is 25.0 Å². The highest BCUT2D eigenvalue weighted by Gasteiger charge is 2.24. The van der Waals surface area contributed by atoms with E-state index in [1.165, 1.54) is 0 Å². The van der Waals surface area contributed by atoms with Crippen molar-refractivity contribution in [2.45, 2.75) is 19.9 Å². The second-order valence-electron chi connectivity index (χ2n) is 5.92.